The molecule has 1 fully saturated rings. The van der Waals surface area contributed by atoms with E-state index in [0.29, 0.717) is 13.1 Å². The average molecular weight is 160 g/mol. The van der Waals surface area contributed by atoms with Gasteiger partial charge in [-0.15, -0.1) is 0 Å². The average Bonchev–Trinajstić information content (AvgIpc) is 2.25. The zero-order valence-corrected chi connectivity index (χ0v) is 7.04. The summed E-state index contributed by atoms with van der Waals surface area (Å²) < 4.78 is 10.9. The molecule has 1 unspecified atom stereocenters. The summed E-state index contributed by atoms with van der Waals surface area (Å²) in [6.07, 6.45) is -0.0926. The van der Waals surface area contributed by atoms with Gasteiger partial charge in [0.1, 0.15) is 12.2 Å². The molecule has 0 aliphatic carbocycles. The Labute approximate surface area is 66.8 Å². The predicted molar refractivity (Wildman–Crippen MR) is 41.9 cm³/mol. The highest BCUT2D eigenvalue weighted by molar-refractivity contribution is 4.82. The van der Waals surface area contributed by atoms with Gasteiger partial charge in [0.25, 0.3) is 0 Å². The van der Waals surface area contributed by atoms with Crippen molar-refractivity contribution in [1.29, 1.82) is 0 Å². The number of nitrogens with two attached hydrogens (primary N) is 2. The first kappa shape index (κ1) is 8.93. The molecule has 0 bridgehead atoms. The molecule has 0 spiro atoms. The highest BCUT2D eigenvalue weighted by atomic mass is 16.8. The van der Waals surface area contributed by atoms with Crippen LogP contribution in [0.15, 0.2) is 0 Å². The summed E-state index contributed by atoms with van der Waals surface area (Å²) in [6.45, 7) is 4.66. The van der Waals surface area contributed by atoms with E-state index < -0.39 is 5.79 Å². The van der Waals surface area contributed by atoms with E-state index in [1.807, 2.05) is 13.8 Å². The SMILES string of the molecule is CC1(C)OC(CN)[C@H](CN)O1. The molecule has 0 amide bonds. The number of hydrogen-bond donors (Lipinski definition) is 2. The molecule has 11 heavy (non-hydrogen) atoms. The molecule has 66 valence electrons. The van der Waals surface area contributed by atoms with Crippen LogP contribution in [0, 0.1) is 0 Å². The van der Waals surface area contributed by atoms with Gasteiger partial charge in [0, 0.05) is 13.1 Å². The lowest BCUT2D eigenvalue weighted by Crippen LogP contribution is -2.35. The second-order valence-corrected chi connectivity index (χ2v) is 3.18. The fraction of sp³-hybridized carbons (Fsp3) is 1.00. The summed E-state index contributed by atoms with van der Waals surface area (Å²) in [5.41, 5.74) is 10.9. The van der Waals surface area contributed by atoms with Crippen LogP contribution in [0.25, 0.3) is 0 Å². The molecule has 4 nitrogen and oxygen atoms in total. The molecule has 1 saturated heterocycles. The zero-order valence-electron chi connectivity index (χ0n) is 7.04. The fourth-order valence-electron chi connectivity index (χ4n) is 1.31. The topological polar surface area (TPSA) is 70.5 Å². The molecule has 4 N–H and O–H groups in total. The maximum atomic E-state index is 5.47. The maximum absolute atomic E-state index is 5.47. The molecular weight excluding hydrogens is 144 g/mol. The second-order valence-electron chi connectivity index (χ2n) is 3.18. The Hall–Kier alpha value is -0.160. The van der Waals surface area contributed by atoms with E-state index in [9.17, 15) is 0 Å². The van der Waals surface area contributed by atoms with E-state index in [1.54, 1.807) is 0 Å². The number of ether oxygens (including phenoxy) is 2. The molecule has 0 aromatic carbocycles. The summed E-state index contributed by atoms with van der Waals surface area (Å²) in [5.74, 6) is -0.520. The summed E-state index contributed by atoms with van der Waals surface area (Å²) in [4.78, 5) is 0. The Balaban J connectivity index is 2.55. The minimum Gasteiger partial charge on any atom is -0.343 e. The van der Waals surface area contributed by atoms with Crippen LogP contribution < -0.4 is 11.5 Å². The van der Waals surface area contributed by atoms with Gasteiger partial charge in [0.15, 0.2) is 5.79 Å². The van der Waals surface area contributed by atoms with E-state index in [1.165, 1.54) is 0 Å². The monoisotopic (exact) mass is 160 g/mol. The van der Waals surface area contributed by atoms with Crippen molar-refractivity contribution in [1.82, 2.24) is 0 Å². The highest BCUT2D eigenvalue weighted by Gasteiger charge is 2.39. The quantitative estimate of drug-likeness (QED) is 0.567. The van der Waals surface area contributed by atoms with Crippen LogP contribution in [0.1, 0.15) is 13.8 Å². The maximum Gasteiger partial charge on any atom is 0.163 e. The van der Waals surface area contributed by atoms with Gasteiger partial charge in [0.05, 0.1) is 0 Å². The van der Waals surface area contributed by atoms with Crippen molar-refractivity contribution >= 4 is 0 Å². The smallest absolute Gasteiger partial charge is 0.163 e. The largest absolute Gasteiger partial charge is 0.343 e. The lowest BCUT2D eigenvalue weighted by Gasteiger charge is -2.16. The molecule has 0 aromatic rings. The summed E-state index contributed by atoms with van der Waals surface area (Å²) in [6, 6.07) is 0. The van der Waals surface area contributed by atoms with E-state index >= 15 is 0 Å². The van der Waals surface area contributed by atoms with Crippen LogP contribution >= 0.6 is 0 Å². The third-order valence-electron chi connectivity index (χ3n) is 1.75. The van der Waals surface area contributed by atoms with Crippen molar-refractivity contribution < 1.29 is 9.47 Å². The number of rotatable bonds is 2. The van der Waals surface area contributed by atoms with E-state index in [4.69, 9.17) is 20.9 Å². The van der Waals surface area contributed by atoms with E-state index in [-0.39, 0.29) is 12.2 Å². The summed E-state index contributed by atoms with van der Waals surface area (Å²) in [7, 11) is 0. The van der Waals surface area contributed by atoms with Gasteiger partial charge in [-0.05, 0) is 13.8 Å². The van der Waals surface area contributed by atoms with Crippen LogP contribution in [-0.4, -0.2) is 31.1 Å². The van der Waals surface area contributed by atoms with Crippen molar-refractivity contribution in [3.8, 4) is 0 Å². The van der Waals surface area contributed by atoms with Crippen LogP contribution in [0.3, 0.4) is 0 Å². The van der Waals surface area contributed by atoms with Crippen LogP contribution in [0.2, 0.25) is 0 Å². The Bertz CT molecular complexity index is 124. The standard InChI is InChI=1S/C7H16N2O2/c1-7(2)10-5(3-8)6(4-9)11-7/h5-6H,3-4,8-9H2,1-2H3/t5-,6?/m0/s1. The Kier molecular flexibility index (Phi) is 2.49. The molecule has 1 heterocycles. The first-order chi connectivity index (χ1) is 5.09. The van der Waals surface area contributed by atoms with Crippen LogP contribution in [0.4, 0.5) is 0 Å². The summed E-state index contributed by atoms with van der Waals surface area (Å²) in [5, 5.41) is 0. The van der Waals surface area contributed by atoms with Gasteiger partial charge in [-0.2, -0.15) is 0 Å². The summed E-state index contributed by atoms with van der Waals surface area (Å²) >= 11 is 0. The Morgan fingerprint density at radius 2 is 1.45 bits per heavy atom. The molecule has 1 aliphatic rings. The van der Waals surface area contributed by atoms with Crippen molar-refractivity contribution in [2.24, 2.45) is 11.5 Å². The Morgan fingerprint density at radius 3 is 1.73 bits per heavy atom. The Morgan fingerprint density at radius 1 is 1.09 bits per heavy atom. The molecule has 0 saturated carbocycles. The van der Waals surface area contributed by atoms with E-state index in [0.717, 1.165) is 0 Å². The van der Waals surface area contributed by atoms with Crippen molar-refractivity contribution in [3.63, 3.8) is 0 Å². The van der Waals surface area contributed by atoms with Crippen LogP contribution in [-0.2, 0) is 9.47 Å². The van der Waals surface area contributed by atoms with Gasteiger partial charge in [0.2, 0.25) is 0 Å². The first-order valence-electron chi connectivity index (χ1n) is 3.85. The predicted octanol–water partition coefficient (Wildman–Crippen LogP) is -0.576. The molecule has 0 radical (unpaired) electrons. The molecule has 0 aromatic heterocycles. The first-order valence-corrected chi connectivity index (χ1v) is 3.85. The van der Waals surface area contributed by atoms with Crippen LogP contribution in [0.5, 0.6) is 0 Å². The van der Waals surface area contributed by atoms with Gasteiger partial charge >= 0.3 is 0 Å². The lowest BCUT2D eigenvalue weighted by atomic mass is 10.2. The van der Waals surface area contributed by atoms with Crippen molar-refractivity contribution in [3.05, 3.63) is 0 Å². The second kappa shape index (κ2) is 3.06. The third-order valence-corrected chi connectivity index (χ3v) is 1.75. The lowest BCUT2D eigenvalue weighted by molar-refractivity contribution is -0.144. The van der Waals surface area contributed by atoms with Gasteiger partial charge in [-0.1, -0.05) is 0 Å². The van der Waals surface area contributed by atoms with Crippen molar-refractivity contribution in [2.45, 2.75) is 31.8 Å². The number of hydrogen-bond acceptors (Lipinski definition) is 4. The highest BCUT2D eigenvalue weighted by Crippen LogP contribution is 2.26. The molecule has 1 aliphatic heterocycles. The minimum atomic E-state index is -0.520. The molecule has 2 atom stereocenters. The van der Waals surface area contributed by atoms with Gasteiger partial charge in [-0.25, -0.2) is 0 Å². The van der Waals surface area contributed by atoms with Gasteiger partial charge in [-0.3, -0.25) is 0 Å². The van der Waals surface area contributed by atoms with E-state index in [2.05, 4.69) is 0 Å². The molecular formula is C7H16N2O2. The van der Waals surface area contributed by atoms with Crippen molar-refractivity contribution in [2.75, 3.05) is 13.1 Å². The zero-order chi connectivity index (χ0) is 8.48. The third kappa shape index (κ3) is 1.90. The fourth-order valence-corrected chi connectivity index (χ4v) is 1.31. The van der Waals surface area contributed by atoms with Gasteiger partial charge < -0.3 is 20.9 Å². The molecule has 1 rings (SSSR count). The normalized spacial score (nSPS) is 36.0. The molecule has 4 heteroatoms. The minimum absolute atomic E-state index is 0.0463.